The highest BCUT2D eigenvalue weighted by atomic mass is 32.1. The Bertz CT molecular complexity index is 1110. The van der Waals surface area contributed by atoms with Crippen LogP contribution in [0.4, 0.5) is 0 Å². The molecule has 3 aromatic rings. The van der Waals surface area contributed by atoms with Crippen molar-refractivity contribution in [1.29, 1.82) is 0 Å². The minimum Gasteiger partial charge on any atom is -0.481 e. The lowest BCUT2D eigenvalue weighted by atomic mass is 9.94. The van der Waals surface area contributed by atoms with Gasteiger partial charge in [0.1, 0.15) is 5.75 Å². The van der Waals surface area contributed by atoms with E-state index in [4.69, 9.17) is 9.84 Å². The normalized spacial score (nSPS) is 17.5. The Labute approximate surface area is 185 Å². The van der Waals surface area contributed by atoms with E-state index in [0.29, 0.717) is 18.8 Å². The third-order valence-electron chi connectivity index (χ3n) is 5.78. The van der Waals surface area contributed by atoms with Crippen LogP contribution in [0, 0.1) is 12.8 Å². The van der Waals surface area contributed by atoms with Crippen LogP contribution in [0.3, 0.4) is 0 Å². The van der Waals surface area contributed by atoms with Gasteiger partial charge in [-0.15, -0.1) is 11.3 Å². The van der Waals surface area contributed by atoms with Crippen LogP contribution in [-0.4, -0.2) is 46.1 Å². The number of likely N-dealkylation sites (tertiary alicyclic amines) is 1. The Hall–Kier alpha value is -2.93. The molecule has 1 amide bonds. The largest absolute Gasteiger partial charge is 0.481 e. The van der Waals surface area contributed by atoms with Gasteiger partial charge in [-0.3, -0.25) is 14.6 Å². The number of benzene rings is 1. The molecular formula is C24H26N2O4S. The molecule has 1 fully saturated rings. The highest BCUT2D eigenvalue weighted by Crippen LogP contribution is 2.35. The SMILES string of the molecule is Cc1ccsc1-c1ccnc2cc(O[C@H](C)C(=O)N3CCC[C@H](CC(=O)O)C3)ccc12. The summed E-state index contributed by atoms with van der Waals surface area (Å²) in [4.78, 5) is 31.4. The predicted octanol–water partition coefficient (Wildman–Crippen LogP) is 4.75. The number of fused-ring (bicyclic) bond motifs is 1. The number of aliphatic carboxylic acids is 1. The summed E-state index contributed by atoms with van der Waals surface area (Å²) in [5, 5.41) is 12.2. The molecule has 0 aliphatic carbocycles. The molecule has 1 aliphatic rings. The van der Waals surface area contributed by atoms with Crippen LogP contribution in [0.25, 0.3) is 21.3 Å². The van der Waals surface area contributed by atoms with Gasteiger partial charge in [0.05, 0.1) is 5.52 Å². The maximum absolute atomic E-state index is 12.9. The van der Waals surface area contributed by atoms with Crippen molar-refractivity contribution in [3.8, 4) is 16.2 Å². The Morgan fingerprint density at radius 3 is 2.90 bits per heavy atom. The van der Waals surface area contributed by atoms with Gasteiger partial charge < -0.3 is 14.7 Å². The fourth-order valence-electron chi connectivity index (χ4n) is 4.24. The number of hydrogen-bond donors (Lipinski definition) is 1. The van der Waals surface area contributed by atoms with E-state index in [-0.39, 0.29) is 18.2 Å². The summed E-state index contributed by atoms with van der Waals surface area (Å²) in [7, 11) is 0. The molecule has 2 atom stereocenters. The summed E-state index contributed by atoms with van der Waals surface area (Å²) in [6, 6.07) is 9.88. The lowest BCUT2D eigenvalue weighted by molar-refractivity contribution is -0.143. The number of ether oxygens (including phenoxy) is 1. The van der Waals surface area contributed by atoms with Crippen LogP contribution in [0.1, 0.15) is 31.7 Å². The standard InChI is InChI=1S/C24H26N2O4S/c1-15-8-11-31-23(15)20-7-9-25-21-13-18(5-6-19(20)21)30-16(2)24(29)26-10-3-4-17(14-26)12-22(27)28/h5-9,11,13,16-17H,3-4,10,12,14H2,1-2H3,(H,27,28)/t16-,17-/m1/s1. The summed E-state index contributed by atoms with van der Waals surface area (Å²) in [6.07, 6.45) is 2.91. The fraction of sp³-hybridized carbons (Fsp3) is 0.375. The van der Waals surface area contributed by atoms with Gasteiger partial charge in [-0.2, -0.15) is 0 Å². The molecule has 0 bridgehead atoms. The molecule has 6 nitrogen and oxygen atoms in total. The van der Waals surface area contributed by atoms with Crippen LogP contribution < -0.4 is 4.74 Å². The molecule has 0 radical (unpaired) electrons. The van der Waals surface area contributed by atoms with Crippen LogP contribution in [0.2, 0.25) is 0 Å². The quantitative estimate of drug-likeness (QED) is 0.601. The Balaban J connectivity index is 1.49. The molecule has 31 heavy (non-hydrogen) atoms. The first-order chi connectivity index (χ1) is 14.9. The minimum absolute atomic E-state index is 0.00592. The first-order valence-corrected chi connectivity index (χ1v) is 11.4. The van der Waals surface area contributed by atoms with E-state index in [1.165, 1.54) is 10.4 Å². The third-order valence-corrected chi connectivity index (χ3v) is 6.83. The summed E-state index contributed by atoms with van der Waals surface area (Å²) < 4.78 is 5.96. The number of aromatic nitrogens is 1. The topological polar surface area (TPSA) is 79.7 Å². The minimum atomic E-state index is -0.815. The second-order valence-electron chi connectivity index (χ2n) is 8.12. The summed E-state index contributed by atoms with van der Waals surface area (Å²) in [6.45, 7) is 4.96. The average molecular weight is 439 g/mol. The fourth-order valence-corrected chi connectivity index (χ4v) is 5.21. The van der Waals surface area contributed by atoms with E-state index in [0.717, 1.165) is 29.3 Å². The van der Waals surface area contributed by atoms with E-state index < -0.39 is 12.1 Å². The lowest BCUT2D eigenvalue weighted by Crippen LogP contribution is -2.46. The Kier molecular flexibility index (Phi) is 6.23. The summed E-state index contributed by atoms with van der Waals surface area (Å²) in [5.74, 6) is -0.318. The van der Waals surface area contributed by atoms with Crippen molar-refractivity contribution in [3.63, 3.8) is 0 Å². The maximum atomic E-state index is 12.9. The van der Waals surface area contributed by atoms with Gasteiger partial charge in [-0.25, -0.2) is 0 Å². The summed E-state index contributed by atoms with van der Waals surface area (Å²) >= 11 is 1.71. The van der Waals surface area contributed by atoms with Crippen LogP contribution in [0.15, 0.2) is 41.9 Å². The number of pyridine rings is 1. The molecule has 4 rings (SSSR count). The molecule has 1 aromatic carbocycles. The number of hydrogen-bond acceptors (Lipinski definition) is 5. The molecule has 1 aliphatic heterocycles. The second kappa shape index (κ2) is 9.06. The number of piperidine rings is 1. The van der Waals surface area contributed by atoms with Gasteiger partial charge in [-0.1, -0.05) is 0 Å². The molecule has 1 saturated heterocycles. The number of thiophene rings is 1. The molecule has 0 unspecified atom stereocenters. The molecule has 2 aromatic heterocycles. The number of carbonyl (C=O) groups excluding carboxylic acids is 1. The molecule has 0 spiro atoms. The number of aryl methyl sites for hydroxylation is 1. The van der Waals surface area contributed by atoms with E-state index >= 15 is 0 Å². The number of amides is 1. The molecule has 0 saturated carbocycles. The first kappa shape index (κ1) is 21.3. The van der Waals surface area contributed by atoms with Crippen LogP contribution >= 0.6 is 11.3 Å². The van der Waals surface area contributed by atoms with Crippen molar-refractivity contribution in [1.82, 2.24) is 9.88 Å². The number of nitrogens with zero attached hydrogens (tertiary/aromatic N) is 2. The number of carbonyl (C=O) groups is 2. The van der Waals surface area contributed by atoms with E-state index in [1.807, 2.05) is 24.3 Å². The van der Waals surface area contributed by atoms with Crippen molar-refractivity contribution in [2.24, 2.45) is 5.92 Å². The van der Waals surface area contributed by atoms with Gasteiger partial charge in [0.15, 0.2) is 6.10 Å². The van der Waals surface area contributed by atoms with Crippen molar-refractivity contribution in [2.45, 2.75) is 39.2 Å². The molecule has 3 heterocycles. The van der Waals surface area contributed by atoms with Crippen LogP contribution in [0.5, 0.6) is 5.75 Å². The van der Waals surface area contributed by atoms with E-state index in [2.05, 4.69) is 23.4 Å². The van der Waals surface area contributed by atoms with E-state index in [9.17, 15) is 9.59 Å². The van der Waals surface area contributed by atoms with Gasteiger partial charge in [0.25, 0.3) is 5.91 Å². The zero-order valence-electron chi connectivity index (χ0n) is 17.7. The van der Waals surface area contributed by atoms with Gasteiger partial charge >= 0.3 is 5.97 Å². The predicted molar refractivity (Wildman–Crippen MR) is 121 cm³/mol. The Morgan fingerprint density at radius 2 is 2.16 bits per heavy atom. The highest BCUT2D eigenvalue weighted by molar-refractivity contribution is 7.13. The van der Waals surface area contributed by atoms with Crippen molar-refractivity contribution in [3.05, 3.63) is 47.5 Å². The summed E-state index contributed by atoms with van der Waals surface area (Å²) in [5.41, 5.74) is 3.20. The second-order valence-corrected chi connectivity index (χ2v) is 9.04. The smallest absolute Gasteiger partial charge is 0.303 e. The van der Waals surface area contributed by atoms with Crippen molar-refractivity contribution < 1.29 is 19.4 Å². The van der Waals surface area contributed by atoms with Crippen molar-refractivity contribution >= 4 is 34.1 Å². The lowest BCUT2D eigenvalue weighted by Gasteiger charge is -2.33. The van der Waals surface area contributed by atoms with Gasteiger partial charge in [0, 0.05) is 47.6 Å². The number of carboxylic acid groups (broad SMARTS) is 1. The Morgan fingerprint density at radius 1 is 1.32 bits per heavy atom. The van der Waals surface area contributed by atoms with Crippen molar-refractivity contribution in [2.75, 3.05) is 13.1 Å². The maximum Gasteiger partial charge on any atom is 0.303 e. The molecule has 7 heteroatoms. The number of rotatable bonds is 6. The first-order valence-electron chi connectivity index (χ1n) is 10.5. The van der Waals surface area contributed by atoms with Gasteiger partial charge in [0.2, 0.25) is 0 Å². The average Bonchev–Trinajstić information content (AvgIpc) is 3.18. The molecule has 1 N–H and O–H groups in total. The zero-order valence-corrected chi connectivity index (χ0v) is 18.5. The zero-order chi connectivity index (χ0) is 22.0. The highest BCUT2D eigenvalue weighted by Gasteiger charge is 2.29. The monoisotopic (exact) mass is 438 g/mol. The number of carboxylic acids is 1. The molecule has 162 valence electrons. The van der Waals surface area contributed by atoms with Crippen LogP contribution in [-0.2, 0) is 9.59 Å². The third kappa shape index (κ3) is 4.71. The van der Waals surface area contributed by atoms with E-state index in [1.54, 1.807) is 29.4 Å². The molecular weight excluding hydrogens is 412 g/mol. The van der Waals surface area contributed by atoms with Gasteiger partial charge in [-0.05, 0) is 67.8 Å².